The second-order valence-corrected chi connectivity index (χ2v) is 6.54. The van der Waals surface area contributed by atoms with E-state index in [4.69, 9.17) is 10.00 Å². The van der Waals surface area contributed by atoms with E-state index in [1.54, 1.807) is 50.2 Å². The van der Waals surface area contributed by atoms with Crippen molar-refractivity contribution < 1.29 is 13.2 Å². The van der Waals surface area contributed by atoms with Crippen molar-refractivity contribution >= 4 is 15.7 Å². The molecule has 0 aliphatic heterocycles. The fraction of sp³-hybridized carbons (Fsp3) is 0.200. The molecule has 0 atom stereocenters. The minimum Gasteiger partial charge on any atom is -0.439 e. The van der Waals surface area contributed by atoms with Crippen molar-refractivity contribution in [3.05, 3.63) is 47.7 Å². The van der Waals surface area contributed by atoms with Gasteiger partial charge in [-0.15, -0.1) is 0 Å². The Morgan fingerprint density at radius 1 is 1.23 bits per heavy atom. The maximum absolute atomic E-state index is 11.5. The van der Waals surface area contributed by atoms with Crippen LogP contribution in [0.3, 0.4) is 0 Å². The van der Waals surface area contributed by atoms with E-state index in [0.717, 1.165) is 0 Å². The minimum atomic E-state index is -3.29. The Morgan fingerprint density at radius 3 is 2.45 bits per heavy atom. The average Bonchev–Trinajstić information content (AvgIpc) is 2.49. The molecule has 0 spiro atoms. The largest absolute Gasteiger partial charge is 0.439 e. The Labute approximate surface area is 129 Å². The molecule has 0 aliphatic carbocycles. The van der Waals surface area contributed by atoms with Crippen molar-refractivity contribution in [2.45, 2.75) is 13.8 Å². The van der Waals surface area contributed by atoms with Gasteiger partial charge >= 0.3 is 0 Å². The first-order chi connectivity index (χ1) is 10.4. The molecule has 0 amide bonds. The standard InChI is InChI=1S/C15H15N3O3S/c1-3-22(19,20)18-13-5-7-14(8-6-13)21-15-9-4-12(10-16)11(2)17-15/h4-9,18H,3H2,1-2H3. The zero-order chi connectivity index (χ0) is 16.2. The summed E-state index contributed by atoms with van der Waals surface area (Å²) >= 11 is 0. The van der Waals surface area contributed by atoms with Crippen LogP contribution < -0.4 is 9.46 Å². The van der Waals surface area contributed by atoms with Crippen molar-refractivity contribution in [2.75, 3.05) is 10.5 Å². The molecule has 7 heteroatoms. The van der Waals surface area contributed by atoms with E-state index < -0.39 is 10.0 Å². The molecule has 0 fully saturated rings. The predicted molar refractivity (Wildman–Crippen MR) is 83.3 cm³/mol. The Hall–Kier alpha value is -2.59. The van der Waals surface area contributed by atoms with E-state index in [2.05, 4.69) is 9.71 Å². The second-order valence-electron chi connectivity index (χ2n) is 4.53. The number of nitriles is 1. The fourth-order valence-electron chi connectivity index (χ4n) is 1.68. The SMILES string of the molecule is CCS(=O)(=O)Nc1ccc(Oc2ccc(C#N)c(C)n2)cc1. The van der Waals surface area contributed by atoms with Gasteiger partial charge in [0.25, 0.3) is 0 Å². The van der Waals surface area contributed by atoms with Crippen molar-refractivity contribution in [3.63, 3.8) is 0 Å². The third kappa shape index (κ3) is 3.96. The number of hydrogen-bond donors (Lipinski definition) is 1. The Kier molecular flexibility index (Phi) is 4.63. The highest BCUT2D eigenvalue weighted by Gasteiger charge is 2.07. The third-order valence-electron chi connectivity index (χ3n) is 2.91. The lowest BCUT2D eigenvalue weighted by atomic mass is 10.2. The van der Waals surface area contributed by atoms with Gasteiger partial charge in [-0.25, -0.2) is 13.4 Å². The molecular weight excluding hydrogens is 302 g/mol. The van der Waals surface area contributed by atoms with Crippen LogP contribution in [0.5, 0.6) is 11.6 Å². The van der Waals surface area contributed by atoms with E-state index in [1.807, 2.05) is 6.07 Å². The first-order valence-corrected chi connectivity index (χ1v) is 8.25. The quantitative estimate of drug-likeness (QED) is 0.915. The van der Waals surface area contributed by atoms with Gasteiger partial charge in [-0.1, -0.05) is 0 Å². The summed E-state index contributed by atoms with van der Waals surface area (Å²) in [5.41, 5.74) is 1.56. The number of hydrogen-bond acceptors (Lipinski definition) is 5. The second kappa shape index (κ2) is 6.45. The van der Waals surface area contributed by atoms with Gasteiger partial charge in [0.2, 0.25) is 15.9 Å². The highest BCUT2D eigenvalue weighted by molar-refractivity contribution is 7.92. The third-order valence-corrected chi connectivity index (χ3v) is 4.22. The molecule has 1 heterocycles. The minimum absolute atomic E-state index is 0.0136. The molecule has 1 N–H and O–H groups in total. The van der Waals surface area contributed by atoms with Gasteiger partial charge < -0.3 is 4.74 Å². The number of benzene rings is 1. The first kappa shape index (κ1) is 15.8. The molecule has 0 bridgehead atoms. The van der Waals surface area contributed by atoms with E-state index in [9.17, 15) is 8.42 Å². The number of aromatic nitrogens is 1. The number of pyridine rings is 1. The summed E-state index contributed by atoms with van der Waals surface area (Å²) in [6.45, 7) is 3.30. The zero-order valence-corrected chi connectivity index (χ0v) is 13.0. The van der Waals surface area contributed by atoms with Gasteiger partial charge in [0.15, 0.2) is 0 Å². The molecule has 0 radical (unpaired) electrons. The van der Waals surface area contributed by atoms with Crippen molar-refractivity contribution in [1.82, 2.24) is 4.98 Å². The Bertz CT molecular complexity index is 809. The number of ether oxygens (including phenoxy) is 1. The first-order valence-electron chi connectivity index (χ1n) is 6.59. The van der Waals surface area contributed by atoms with Gasteiger partial charge in [0.05, 0.1) is 17.0 Å². The number of aryl methyl sites for hydroxylation is 1. The molecule has 2 rings (SSSR count). The molecule has 0 unspecified atom stereocenters. The van der Waals surface area contributed by atoms with Gasteiger partial charge in [-0.3, -0.25) is 4.72 Å². The average molecular weight is 317 g/mol. The van der Waals surface area contributed by atoms with Gasteiger partial charge in [-0.2, -0.15) is 5.26 Å². The predicted octanol–water partition coefficient (Wildman–Crippen LogP) is 2.82. The van der Waals surface area contributed by atoms with Crippen LogP contribution in [0, 0.1) is 18.3 Å². The van der Waals surface area contributed by atoms with Gasteiger partial charge in [-0.05, 0) is 44.2 Å². The molecular formula is C15H15N3O3S. The van der Waals surface area contributed by atoms with Crippen molar-refractivity contribution in [3.8, 4) is 17.7 Å². The summed E-state index contributed by atoms with van der Waals surface area (Å²) < 4.78 is 30.9. The van der Waals surface area contributed by atoms with Crippen LogP contribution >= 0.6 is 0 Å². The molecule has 22 heavy (non-hydrogen) atoms. The molecule has 0 saturated carbocycles. The lowest BCUT2D eigenvalue weighted by Crippen LogP contribution is -2.14. The van der Waals surface area contributed by atoms with Crippen LogP contribution in [0.2, 0.25) is 0 Å². The summed E-state index contributed by atoms with van der Waals surface area (Å²) in [7, 11) is -3.29. The lowest BCUT2D eigenvalue weighted by Gasteiger charge is -2.08. The molecule has 6 nitrogen and oxygen atoms in total. The van der Waals surface area contributed by atoms with Crippen LogP contribution in [0.25, 0.3) is 0 Å². The number of nitrogens with one attached hydrogen (secondary N) is 1. The van der Waals surface area contributed by atoms with Crippen LogP contribution in [0.1, 0.15) is 18.2 Å². The number of nitrogens with zero attached hydrogens (tertiary/aromatic N) is 2. The molecule has 2 aromatic rings. The number of sulfonamides is 1. The Morgan fingerprint density at radius 2 is 1.91 bits per heavy atom. The monoisotopic (exact) mass is 317 g/mol. The van der Waals surface area contributed by atoms with Crippen molar-refractivity contribution in [1.29, 1.82) is 5.26 Å². The maximum Gasteiger partial charge on any atom is 0.232 e. The van der Waals surface area contributed by atoms with E-state index >= 15 is 0 Å². The fourth-order valence-corrected chi connectivity index (χ4v) is 2.32. The van der Waals surface area contributed by atoms with Crippen LogP contribution in [0.15, 0.2) is 36.4 Å². The normalized spacial score (nSPS) is 10.8. The molecule has 114 valence electrons. The van der Waals surface area contributed by atoms with E-state index in [-0.39, 0.29) is 5.75 Å². The van der Waals surface area contributed by atoms with Crippen molar-refractivity contribution in [2.24, 2.45) is 0 Å². The van der Waals surface area contributed by atoms with Gasteiger partial charge in [0.1, 0.15) is 11.8 Å². The zero-order valence-electron chi connectivity index (χ0n) is 12.2. The molecule has 0 aliphatic rings. The summed E-state index contributed by atoms with van der Waals surface area (Å²) in [4.78, 5) is 4.18. The Balaban J connectivity index is 2.12. The summed E-state index contributed by atoms with van der Waals surface area (Å²) in [6.07, 6.45) is 0. The summed E-state index contributed by atoms with van der Waals surface area (Å²) in [6, 6.07) is 11.8. The molecule has 1 aromatic heterocycles. The van der Waals surface area contributed by atoms with E-state index in [1.165, 1.54) is 0 Å². The molecule has 1 aromatic carbocycles. The molecule has 0 saturated heterocycles. The highest BCUT2D eigenvalue weighted by Crippen LogP contribution is 2.23. The highest BCUT2D eigenvalue weighted by atomic mass is 32.2. The smallest absolute Gasteiger partial charge is 0.232 e. The summed E-state index contributed by atoms with van der Waals surface area (Å²) in [5, 5.41) is 8.86. The lowest BCUT2D eigenvalue weighted by molar-refractivity contribution is 0.461. The topological polar surface area (TPSA) is 92.1 Å². The van der Waals surface area contributed by atoms with Crippen LogP contribution in [-0.4, -0.2) is 19.2 Å². The van der Waals surface area contributed by atoms with Crippen LogP contribution in [-0.2, 0) is 10.0 Å². The van der Waals surface area contributed by atoms with Crippen LogP contribution in [0.4, 0.5) is 5.69 Å². The van der Waals surface area contributed by atoms with E-state index in [0.29, 0.717) is 28.6 Å². The van der Waals surface area contributed by atoms with Gasteiger partial charge in [0, 0.05) is 11.8 Å². The summed E-state index contributed by atoms with van der Waals surface area (Å²) in [5.74, 6) is 0.911. The number of rotatable bonds is 5. The maximum atomic E-state index is 11.5. The number of anilines is 1.